The van der Waals surface area contributed by atoms with Gasteiger partial charge in [-0.3, -0.25) is 4.79 Å². The van der Waals surface area contributed by atoms with Crippen LogP contribution in [-0.4, -0.2) is 43.7 Å². The van der Waals surface area contributed by atoms with Gasteiger partial charge in [0.1, 0.15) is 5.75 Å². The third-order valence-electron chi connectivity index (χ3n) is 5.32. The molecule has 154 valence electrons. The molecule has 0 spiro atoms. The van der Waals surface area contributed by atoms with Crippen LogP contribution in [0.1, 0.15) is 51.7 Å². The van der Waals surface area contributed by atoms with Crippen LogP contribution in [0.15, 0.2) is 18.2 Å². The van der Waals surface area contributed by atoms with Crippen LogP contribution in [0.2, 0.25) is 0 Å². The zero-order valence-corrected chi connectivity index (χ0v) is 18.5. The van der Waals surface area contributed by atoms with Crippen LogP contribution in [0.25, 0.3) is 0 Å². The summed E-state index contributed by atoms with van der Waals surface area (Å²) in [5.74, 6) is 0.495. The summed E-state index contributed by atoms with van der Waals surface area (Å²) >= 11 is 0. The molecular weight excluding hydrogens is 364 g/mol. The van der Waals surface area contributed by atoms with Gasteiger partial charge in [-0.15, -0.1) is 10.3 Å². The molecule has 0 unspecified atom stereocenters. The van der Waals surface area contributed by atoms with Crippen LogP contribution in [0.3, 0.4) is 0 Å². The van der Waals surface area contributed by atoms with Crippen molar-refractivity contribution < 1.29 is 23.2 Å². The molecule has 0 radical (unpaired) electrons. The van der Waals surface area contributed by atoms with Crippen LogP contribution >= 0.6 is 10.3 Å². The maximum absolute atomic E-state index is 12.7. The van der Waals surface area contributed by atoms with E-state index in [0.29, 0.717) is 19.0 Å². The molecule has 5 nitrogen and oxygen atoms in total. The highest BCUT2D eigenvalue weighted by Crippen LogP contribution is 2.56. The van der Waals surface area contributed by atoms with Crippen LogP contribution < -0.4 is 4.74 Å². The number of carbonyl (C=O) groups is 1. The van der Waals surface area contributed by atoms with Crippen molar-refractivity contribution in [3.63, 3.8) is 0 Å². The monoisotopic (exact) mass is 398 g/mol. The molecular formula is C21H34O5S. The van der Waals surface area contributed by atoms with Gasteiger partial charge in [0.25, 0.3) is 0 Å². The van der Waals surface area contributed by atoms with Crippen molar-refractivity contribution in [2.75, 3.05) is 33.0 Å². The number of ether oxygens (including phenoxy) is 3. The Bertz CT molecular complexity index is 659. The second-order valence-corrected chi connectivity index (χ2v) is 12.2. The van der Waals surface area contributed by atoms with E-state index in [2.05, 4.69) is 33.3 Å². The van der Waals surface area contributed by atoms with E-state index in [-0.39, 0.29) is 17.5 Å². The highest BCUT2D eigenvalue weighted by Gasteiger charge is 2.55. The Morgan fingerprint density at radius 1 is 1.22 bits per heavy atom. The van der Waals surface area contributed by atoms with Crippen LogP contribution in [-0.2, 0) is 30.5 Å². The van der Waals surface area contributed by atoms with Crippen LogP contribution in [0.4, 0.5) is 0 Å². The molecule has 1 saturated carbocycles. The fourth-order valence-electron chi connectivity index (χ4n) is 2.82. The second-order valence-electron chi connectivity index (χ2n) is 8.25. The lowest BCUT2D eigenvalue weighted by atomic mass is 9.90. The number of esters is 1. The quantitative estimate of drug-likeness (QED) is 0.451. The number of hydrogen-bond acceptors (Lipinski definition) is 5. The van der Waals surface area contributed by atoms with Crippen LogP contribution in [0.5, 0.6) is 5.75 Å². The van der Waals surface area contributed by atoms with Gasteiger partial charge in [-0.1, -0.05) is 32.9 Å². The smallest absolute Gasteiger partial charge is 0.316 e. The van der Waals surface area contributed by atoms with Gasteiger partial charge in [-0.25, -0.2) is 0 Å². The van der Waals surface area contributed by atoms with E-state index in [9.17, 15) is 4.79 Å². The van der Waals surface area contributed by atoms with E-state index in [1.54, 1.807) is 7.11 Å². The van der Waals surface area contributed by atoms with Crippen molar-refractivity contribution in [2.45, 2.75) is 57.3 Å². The number of benzene rings is 1. The van der Waals surface area contributed by atoms with Crippen molar-refractivity contribution >= 4 is 16.3 Å². The molecule has 2 rings (SSSR count). The number of carbonyl (C=O) groups excluding carboxylic acids is 1. The molecule has 0 aromatic heterocycles. The maximum Gasteiger partial charge on any atom is 0.316 e. The number of methoxy groups -OCH3 is 1. The molecule has 0 saturated heterocycles. The topological polar surface area (TPSA) is 54.0 Å². The molecule has 0 bridgehead atoms. The molecule has 6 heteroatoms. The maximum atomic E-state index is 12.7. The standard InChI is InChI=1S/C21H34O5S/c1-8-24-19(22)21(12-13-21)18-16(10-9-11-17(18)25-15-23-5)14-26-27(6,7)20(2,3)4/h9-11H,8,12-15H2,1-7H3. The molecule has 1 aromatic rings. The van der Waals surface area contributed by atoms with Crippen molar-refractivity contribution in [3.8, 4) is 5.75 Å². The minimum Gasteiger partial charge on any atom is -0.467 e. The van der Waals surface area contributed by atoms with Gasteiger partial charge < -0.3 is 18.4 Å². The highest BCUT2D eigenvalue weighted by molar-refractivity contribution is 8.29. The highest BCUT2D eigenvalue weighted by atomic mass is 32.3. The van der Waals surface area contributed by atoms with E-state index < -0.39 is 15.7 Å². The Morgan fingerprint density at radius 3 is 2.41 bits per heavy atom. The summed E-state index contributed by atoms with van der Waals surface area (Å²) in [5, 5.41) is 0. The van der Waals surface area contributed by atoms with Crippen molar-refractivity contribution in [3.05, 3.63) is 29.3 Å². The molecule has 0 aliphatic heterocycles. The Kier molecular flexibility index (Phi) is 6.87. The summed E-state index contributed by atoms with van der Waals surface area (Å²) in [6, 6.07) is 5.85. The molecule has 0 N–H and O–H groups in total. The fraction of sp³-hybridized carbons (Fsp3) is 0.667. The van der Waals surface area contributed by atoms with Gasteiger partial charge in [-0.05, 0) is 43.9 Å². The first kappa shape index (κ1) is 22.1. The van der Waals surface area contributed by atoms with Gasteiger partial charge in [0, 0.05) is 17.4 Å². The number of rotatable bonds is 9. The fourth-order valence-corrected chi connectivity index (χ4v) is 3.60. The summed E-state index contributed by atoms with van der Waals surface area (Å²) < 4.78 is 22.7. The van der Waals surface area contributed by atoms with E-state index in [1.807, 2.05) is 25.1 Å². The summed E-state index contributed by atoms with van der Waals surface area (Å²) in [5.41, 5.74) is 1.25. The van der Waals surface area contributed by atoms with E-state index in [0.717, 1.165) is 24.0 Å². The zero-order chi connectivity index (χ0) is 20.3. The largest absolute Gasteiger partial charge is 0.467 e. The van der Waals surface area contributed by atoms with Crippen LogP contribution in [0, 0.1) is 0 Å². The Labute approximate surface area is 165 Å². The van der Waals surface area contributed by atoms with Gasteiger partial charge in [0.15, 0.2) is 6.79 Å². The normalized spacial score (nSPS) is 16.7. The number of hydrogen-bond donors (Lipinski definition) is 0. The summed E-state index contributed by atoms with van der Waals surface area (Å²) in [6.07, 6.45) is 5.88. The summed E-state index contributed by atoms with van der Waals surface area (Å²) in [7, 11) is 0.304. The van der Waals surface area contributed by atoms with Crippen molar-refractivity contribution in [1.29, 1.82) is 0 Å². The Morgan fingerprint density at radius 2 is 1.89 bits per heavy atom. The molecule has 0 amide bonds. The van der Waals surface area contributed by atoms with Gasteiger partial charge in [0.2, 0.25) is 0 Å². The lowest BCUT2D eigenvalue weighted by Crippen LogP contribution is -2.27. The minimum absolute atomic E-state index is 0.0652. The lowest BCUT2D eigenvalue weighted by molar-refractivity contribution is -0.146. The molecule has 1 aliphatic rings. The van der Waals surface area contributed by atoms with Crippen molar-refractivity contribution in [2.24, 2.45) is 0 Å². The van der Waals surface area contributed by atoms with Gasteiger partial charge in [-0.2, -0.15) is 0 Å². The first-order valence-electron chi connectivity index (χ1n) is 9.37. The SMILES string of the molecule is CCOC(=O)C1(c2c(COS(C)(C)C(C)(C)C)cccc2OCOC)CC1. The average Bonchev–Trinajstić information content (AvgIpc) is 3.39. The molecule has 27 heavy (non-hydrogen) atoms. The summed E-state index contributed by atoms with van der Waals surface area (Å²) in [4.78, 5) is 12.7. The predicted molar refractivity (Wildman–Crippen MR) is 110 cm³/mol. The first-order valence-corrected chi connectivity index (χ1v) is 11.7. The van der Waals surface area contributed by atoms with E-state index in [4.69, 9.17) is 18.4 Å². The Hall–Kier alpha value is -1.24. The third kappa shape index (κ3) is 4.79. The predicted octanol–water partition coefficient (Wildman–Crippen LogP) is 4.56. The Balaban J connectivity index is 2.39. The first-order chi connectivity index (χ1) is 12.6. The third-order valence-corrected chi connectivity index (χ3v) is 8.98. The average molecular weight is 399 g/mol. The van der Waals surface area contributed by atoms with E-state index in [1.165, 1.54) is 0 Å². The van der Waals surface area contributed by atoms with Crippen molar-refractivity contribution in [1.82, 2.24) is 0 Å². The molecule has 1 fully saturated rings. The van der Waals surface area contributed by atoms with Gasteiger partial charge in [0.05, 0.1) is 18.6 Å². The van der Waals surface area contributed by atoms with Gasteiger partial charge >= 0.3 is 5.97 Å². The summed E-state index contributed by atoms with van der Waals surface area (Å²) in [6.45, 7) is 9.37. The molecule has 0 atom stereocenters. The molecule has 0 heterocycles. The zero-order valence-electron chi connectivity index (χ0n) is 17.7. The lowest BCUT2D eigenvalue weighted by Gasteiger charge is -2.44. The minimum atomic E-state index is -1.28. The second kappa shape index (κ2) is 8.41. The van der Waals surface area contributed by atoms with E-state index >= 15 is 0 Å². The molecule has 1 aromatic carbocycles. The molecule has 1 aliphatic carbocycles.